The van der Waals surface area contributed by atoms with Gasteiger partial charge in [-0.1, -0.05) is 0 Å². The molecule has 0 spiro atoms. The highest BCUT2D eigenvalue weighted by Crippen LogP contribution is 2.23. The maximum absolute atomic E-state index is 12.5. The van der Waals surface area contributed by atoms with Crippen LogP contribution < -0.4 is 10.6 Å². The maximum Gasteiger partial charge on any atom is 0.401 e. The summed E-state index contributed by atoms with van der Waals surface area (Å²) >= 11 is 1.80. The number of nitrogens with one attached hydrogen (secondary N) is 2. The fourth-order valence-electron chi connectivity index (χ4n) is 3.18. The van der Waals surface area contributed by atoms with Crippen molar-refractivity contribution in [3.8, 4) is 0 Å². The predicted octanol–water partition coefficient (Wildman–Crippen LogP) is 3.43. The van der Waals surface area contributed by atoms with Crippen LogP contribution in [0.4, 0.5) is 13.2 Å². The molecule has 1 aromatic heterocycles. The molecule has 4 nitrogen and oxygen atoms in total. The Kier molecular flexibility index (Phi) is 7.76. The van der Waals surface area contributed by atoms with Gasteiger partial charge in [-0.25, -0.2) is 0 Å². The fraction of sp³-hybridized carbons (Fsp3) is 0.722. The van der Waals surface area contributed by atoms with Gasteiger partial charge in [0.15, 0.2) is 5.96 Å². The van der Waals surface area contributed by atoms with E-state index in [0.29, 0.717) is 19.6 Å². The number of rotatable bonds is 7. The molecule has 2 atom stereocenters. The molecule has 0 radical (unpaired) electrons. The second-order valence-corrected chi connectivity index (χ2v) is 8.36. The fourth-order valence-corrected chi connectivity index (χ4v) is 4.20. The van der Waals surface area contributed by atoms with Crippen molar-refractivity contribution in [3.05, 3.63) is 21.9 Å². The molecule has 26 heavy (non-hydrogen) atoms. The lowest BCUT2D eigenvalue weighted by Gasteiger charge is -2.19. The third-order valence-electron chi connectivity index (χ3n) is 4.31. The van der Waals surface area contributed by atoms with Crippen LogP contribution in [0.2, 0.25) is 0 Å². The smallest absolute Gasteiger partial charge is 0.357 e. The van der Waals surface area contributed by atoms with E-state index in [2.05, 4.69) is 41.6 Å². The molecule has 8 heteroatoms. The lowest BCUT2D eigenvalue weighted by molar-refractivity contribution is -0.143. The summed E-state index contributed by atoms with van der Waals surface area (Å²) in [7, 11) is 0. The zero-order chi connectivity index (χ0) is 19.2. The number of likely N-dealkylation sites (tertiary alicyclic amines) is 1. The highest BCUT2D eigenvalue weighted by molar-refractivity contribution is 7.11. The minimum Gasteiger partial charge on any atom is -0.357 e. The summed E-state index contributed by atoms with van der Waals surface area (Å²) in [4.78, 5) is 8.71. The summed E-state index contributed by atoms with van der Waals surface area (Å²) in [6, 6.07) is 4.51. The van der Waals surface area contributed by atoms with Gasteiger partial charge >= 0.3 is 6.18 Å². The number of aliphatic imine (C=N–C) groups is 1. The van der Waals surface area contributed by atoms with Crippen molar-refractivity contribution in [1.29, 1.82) is 0 Å². The Morgan fingerprint density at radius 1 is 1.42 bits per heavy atom. The Hall–Kier alpha value is -1.28. The SMILES string of the molecule is CCNC(=NCC1CCN(CC(F)(F)F)C1)NC(C)Cc1ccc(C)s1. The van der Waals surface area contributed by atoms with Crippen molar-refractivity contribution in [1.82, 2.24) is 15.5 Å². The van der Waals surface area contributed by atoms with Crippen LogP contribution >= 0.6 is 11.3 Å². The van der Waals surface area contributed by atoms with E-state index >= 15 is 0 Å². The third kappa shape index (κ3) is 7.53. The van der Waals surface area contributed by atoms with E-state index in [-0.39, 0.29) is 12.0 Å². The molecule has 1 aliphatic heterocycles. The minimum absolute atomic E-state index is 0.183. The standard InChI is InChI=1S/C18H29F3N4S/c1-4-22-17(24-13(2)9-16-6-5-14(3)26-16)23-10-15-7-8-25(11-15)12-18(19,20)21/h5-6,13,15H,4,7-12H2,1-3H3,(H2,22,23,24). The Labute approximate surface area is 157 Å². The number of hydrogen-bond acceptors (Lipinski definition) is 3. The molecule has 2 N–H and O–H groups in total. The van der Waals surface area contributed by atoms with Crippen LogP contribution in [-0.2, 0) is 6.42 Å². The van der Waals surface area contributed by atoms with Gasteiger partial charge in [0.05, 0.1) is 6.54 Å². The largest absolute Gasteiger partial charge is 0.401 e. The quantitative estimate of drug-likeness (QED) is 0.554. The first-order valence-electron chi connectivity index (χ1n) is 9.14. The Morgan fingerprint density at radius 3 is 2.81 bits per heavy atom. The van der Waals surface area contributed by atoms with Crippen LogP contribution in [0, 0.1) is 12.8 Å². The summed E-state index contributed by atoms with van der Waals surface area (Å²) < 4.78 is 37.5. The van der Waals surface area contributed by atoms with Crippen LogP contribution in [0.5, 0.6) is 0 Å². The molecule has 2 rings (SSSR count). The predicted molar refractivity (Wildman–Crippen MR) is 102 cm³/mol. The van der Waals surface area contributed by atoms with Crippen molar-refractivity contribution in [2.24, 2.45) is 10.9 Å². The van der Waals surface area contributed by atoms with E-state index in [1.165, 1.54) is 14.7 Å². The normalized spacial score (nSPS) is 20.4. The number of thiophene rings is 1. The van der Waals surface area contributed by atoms with Gasteiger partial charge < -0.3 is 10.6 Å². The number of nitrogens with zero attached hydrogens (tertiary/aromatic N) is 2. The number of halogens is 3. The van der Waals surface area contributed by atoms with E-state index in [9.17, 15) is 13.2 Å². The maximum atomic E-state index is 12.5. The van der Waals surface area contributed by atoms with Gasteiger partial charge in [-0.15, -0.1) is 11.3 Å². The van der Waals surface area contributed by atoms with Crippen molar-refractivity contribution in [3.63, 3.8) is 0 Å². The first kappa shape index (κ1) is 21.0. The third-order valence-corrected chi connectivity index (χ3v) is 5.33. The lowest BCUT2D eigenvalue weighted by atomic mass is 10.1. The van der Waals surface area contributed by atoms with E-state index in [1.807, 2.05) is 6.92 Å². The van der Waals surface area contributed by atoms with Gasteiger partial charge in [0, 0.05) is 41.9 Å². The first-order chi connectivity index (χ1) is 12.2. The molecule has 0 amide bonds. The highest BCUT2D eigenvalue weighted by Gasteiger charge is 2.34. The average molecular weight is 391 g/mol. The van der Waals surface area contributed by atoms with Gasteiger partial charge in [-0.05, 0) is 51.8 Å². The molecule has 2 unspecified atom stereocenters. The molecular weight excluding hydrogens is 361 g/mol. The summed E-state index contributed by atoms with van der Waals surface area (Å²) in [5, 5.41) is 6.63. The average Bonchev–Trinajstić information content (AvgIpc) is 3.12. The number of hydrogen-bond donors (Lipinski definition) is 2. The van der Waals surface area contributed by atoms with Crippen LogP contribution in [0.25, 0.3) is 0 Å². The van der Waals surface area contributed by atoms with Crippen molar-refractivity contribution in [2.75, 3.05) is 32.7 Å². The summed E-state index contributed by atoms with van der Waals surface area (Å²) in [6.07, 6.45) is -2.43. The number of guanidine groups is 1. The van der Waals surface area contributed by atoms with Gasteiger partial charge in [-0.2, -0.15) is 13.2 Å². The highest BCUT2D eigenvalue weighted by atomic mass is 32.1. The van der Waals surface area contributed by atoms with Crippen LogP contribution in [0.3, 0.4) is 0 Å². The molecule has 0 bridgehead atoms. The van der Waals surface area contributed by atoms with Gasteiger partial charge in [-0.3, -0.25) is 9.89 Å². The topological polar surface area (TPSA) is 39.7 Å². The van der Waals surface area contributed by atoms with E-state index < -0.39 is 12.7 Å². The van der Waals surface area contributed by atoms with E-state index in [0.717, 1.165) is 25.3 Å². The molecule has 0 aliphatic carbocycles. The number of alkyl halides is 3. The summed E-state index contributed by atoms with van der Waals surface area (Å²) in [6.45, 7) is 7.66. The zero-order valence-electron chi connectivity index (χ0n) is 15.7. The van der Waals surface area contributed by atoms with Crippen LogP contribution in [-0.4, -0.2) is 55.8 Å². The van der Waals surface area contributed by atoms with Gasteiger partial charge in [0.2, 0.25) is 0 Å². The molecule has 0 aromatic carbocycles. The molecular formula is C18H29F3N4S. The minimum atomic E-state index is -4.12. The number of aryl methyl sites for hydroxylation is 1. The first-order valence-corrected chi connectivity index (χ1v) is 9.96. The Bertz CT molecular complexity index is 585. The molecule has 1 saturated heterocycles. The van der Waals surface area contributed by atoms with Crippen molar-refractivity contribution in [2.45, 2.75) is 45.8 Å². The van der Waals surface area contributed by atoms with Crippen LogP contribution in [0.15, 0.2) is 17.1 Å². The van der Waals surface area contributed by atoms with Gasteiger partial charge in [0.1, 0.15) is 0 Å². The lowest BCUT2D eigenvalue weighted by Crippen LogP contribution is -2.43. The van der Waals surface area contributed by atoms with Crippen molar-refractivity contribution >= 4 is 17.3 Å². The summed E-state index contributed by atoms with van der Waals surface area (Å²) in [5.74, 6) is 0.922. The second kappa shape index (κ2) is 9.60. The molecule has 1 aromatic rings. The van der Waals surface area contributed by atoms with Crippen molar-refractivity contribution < 1.29 is 13.2 Å². The van der Waals surface area contributed by atoms with Gasteiger partial charge in [0.25, 0.3) is 0 Å². The molecule has 0 saturated carbocycles. The molecule has 148 valence electrons. The monoisotopic (exact) mass is 390 g/mol. The van der Waals surface area contributed by atoms with E-state index in [1.54, 1.807) is 11.3 Å². The van der Waals surface area contributed by atoms with Crippen LogP contribution in [0.1, 0.15) is 30.0 Å². The van der Waals surface area contributed by atoms with E-state index in [4.69, 9.17) is 0 Å². The summed E-state index contributed by atoms with van der Waals surface area (Å²) in [5.41, 5.74) is 0. The molecule has 1 aliphatic rings. The molecule has 1 fully saturated rings. The molecule has 2 heterocycles. The second-order valence-electron chi connectivity index (χ2n) is 6.99. The zero-order valence-corrected chi connectivity index (χ0v) is 16.5. The Morgan fingerprint density at radius 2 is 2.19 bits per heavy atom. The Balaban J connectivity index is 1.82.